The standard InChI is InChI=1S/C21H23NO8/c1-26-15-7-6-12(9-16(15)27-2)8-14(21(24)25)22-20(23)13-10-17(28-3)19(30-5)18(11-13)29-4/h6-11H,1-5H3,(H,22,23)(H,24,25)/b14-8+. The van der Waals surface area contributed by atoms with Gasteiger partial charge in [0.2, 0.25) is 5.75 Å². The first-order valence-electron chi connectivity index (χ1n) is 8.66. The van der Waals surface area contributed by atoms with Crippen LogP contribution in [0.4, 0.5) is 0 Å². The molecule has 0 unspecified atom stereocenters. The summed E-state index contributed by atoms with van der Waals surface area (Å²) in [6, 6.07) is 7.70. The Morgan fingerprint density at radius 1 is 0.800 bits per heavy atom. The minimum atomic E-state index is -1.31. The van der Waals surface area contributed by atoms with E-state index in [0.717, 1.165) is 0 Å². The van der Waals surface area contributed by atoms with E-state index in [0.29, 0.717) is 22.8 Å². The van der Waals surface area contributed by atoms with E-state index in [4.69, 9.17) is 23.7 Å². The van der Waals surface area contributed by atoms with Crippen molar-refractivity contribution in [2.24, 2.45) is 0 Å². The van der Waals surface area contributed by atoms with Gasteiger partial charge in [-0.3, -0.25) is 4.79 Å². The fraction of sp³-hybridized carbons (Fsp3) is 0.238. The highest BCUT2D eigenvalue weighted by molar-refractivity contribution is 6.03. The number of methoxy groups -OCH3 is 5. The smallest absolute Gasteiger partial charge is 0.352 e. The molecule has 0 aromatic heterocycles. The van der Waals surface area contributed by atoms with Gasteiger partial charge in [0.25, 0.3) is 5.91 Å². The summed E-state index contributed by atoms with van der Waals surface area (Å²) in [4.78, 5) is 24.4. The Morgan fingerprint density at radius 2 is 1.37 bits per heavy atom. The molecule has 2 aromatic carbocycles. The van der Waals surface area contributed by atoms with Crippen molar-refractivity contribution in [3.8, 4) is 28.7 Å². The summed E-state index contributed by atoms with van der Waals surface area (Å²) in [5.74, 6) is -0.213. The van der Waals surface area contributed by atoms with E-state index in [1.54, 1.807) is 18.2 Å². The zero-order chi connectivity index (χ0) is 22.3. The summed E-state index contributed by atoms with van der Waals surface area (Å²) in [5.41, 5.74) is 0.292. The maximum atomic E-state index is 12.7. The number of nitrogens with one attached hydrogen (secondary N) is 1. The van der Waals surface area contributed by atoms with Crippen LogP contribution in [0.5, 0.6) is 28.7 Å². The second kappa shape index (κ2) is 10.1. The summed E-state index contributed by atoms with van der Waals surface area (Å²) in [7, 11) is 7.23. The molecular formula is C21H23NO8. The van der Waals surface area contributed by atoms with Gasteiger partial charge in [-0.15, -0.1) is 0 Å². The number of carboxylic acids is 1. The molecule has 0 fully saturated rings. The number of carbonyl (C=O) groups is 2. The summed E-state index contributed by atoms with van der Waals surface area (Å²) in [6.45, 7) is 0. The fourth-order valence-electron chi connectivity index (χ4n) is 2.67. The number of carbonyl (C=O) groups excluding carboxylic acids is 1. The molecule has 2 N–H and O–H groups in total. The molecule has 0 saturated carbocycles. The van der Waals surface area contributed by atoms with Crippen LogP contribution < -0.4 is 29.0 Å². The van der Waals surface area contributed by atoms with Crippen LogP contribution in [0.1, 0.15) is 15.9 Å². The molecule has 0 radical (unpaired) electrons. The lowest BCUT2D eigenvalue weighted by Gasteiger charge is -2.14. The van der Waals surface area contributed by atoms with Gasteiger partial charge in [-0.05, 0) is 35.9 Å². The molecule has 0 aliphatic heterocycles. The molecule has 9 heteroatoms. The molecule has 0 atom stereocenters. The van der Waals surface area contributed by atoms with Crippen LogP contribution in [-0.4, -0.2) is 52.5 Å². The second-order valence-corrected chi connectivity index (χ2v) is 5.85. The summed E-state index contributed by atoms with van der Waals surface area (Å²) in [5, 5.41) is 11.9. The molecule has 9 nitrogen and oxygen atoms in total. The van der Waals surface area contributed by atoms with Gasteiger partial charge >= 0.3 is 5.97 Å². The minimum Gasteiger partial charge on any atom is -0.493 e. The van der Waals surface area contributed by atoms with Gasteiger partial charge in [-0.25, -0.2) is 4.79 Å². The fourth-order valence-corrected chi connectivity index (χ4v) is 2.67. The zero-order valence-electron chi connectivity index (χ0n) is 17.3. The average molecular weight is 417 g/mol. The maximum Gasteiger partial charge on any atom is 0.352 e. The van der Waals surface area contributed by atoms with Gasteiger partial charge < -0.3 is 34.1 Å². The van der Waals surface area contributed by atoms with Gasteiger partial charge in [-0.2, -0.15) is 0 Å². The number of benzene rings is 2. The second-order valence-electron chi connectivity index (χ2n) is 5.85. The highest BCUT2D eigenvalue weighted by Gasteiger charge is 2.19. The Hall–Kier alpha value is -3.88. The average Bonchev–Trinajstić information content (AvgIpc) is 2.76. The molecule has 2 aromatic rings. The van der Waals surface area contributed by atoms with Crippen LogP contribution >= 0.6 is 0 Å². The SMILES string of the molecule is COc1ccc(/C=C(/NC(=O)c2cc(OC)c(OC)c(OC)c2)C(=O)O)cc1OC. The van der Waals surface area contributed by atoms with Crippen molar-refractivity contribution >= 4 is 18.0 Å². The molecule has 0 aliphatic carbocycles. The number of rotatable bonds is 9. The third-order valence-electron chi connectivity index (χ3n) is 4.12. The Bertz CT molecular complexity index is 942. The Labute approximate surface area is 173 Å². The maximum absolute atomic E-state index is 12.7. The highest BCUT2D eigenvalue weighted by atomic mass is 16.5. The van der Waals surface area contributed by atoms with Gasteiger partial charge in [-0.1, -0.05) is 6.07 Å². The van der Waals surface area contributed by atoms with Crippen molar-refractivity contribution in [1.29, 1.82) is 0 Å². The lowest BCUT2D eigenvalue weighted by molar-refractivity contribution is -0.132. The molecule has 0 heterocycles. The highest BCUT2D eigenvalue weighted by Crippen LogP contribution is 2.38. The lowest BCUT2D eigenvalue weighted by Crippen LogP contribution is -2.27. The first-order valence-corrected chi connectivity index (χ1v) is 8.66. The van der Waals surface area contributed by atoms with E-state index in [1.807, 2.05) is 0 Å². The molecule has 30 heavy (non-hydrogen) atoms. The molecule has 2 rings (SSSR count). The Kier molecular flexibility index (Phi) is 7.51. The minimum absolute atomic E-state index is 0.129. The summed E-state index contributed by atoms with van der Waals surface area (Å²) >= 11 is 0. The summed E-state index contributed by atoms with van der Waals surface area (Å²) in [6.07, 6.45) is 1.31. The van der Waals surface area contributed by atoms with Crippen molar-refractivity contribution in [3.05, 3.63) is 47.2 Å². The van der Waals surface area contributed by atoms with Crippen LogP contribution in [0.15, 0.2) is 36.0 Å². The van der Waals surface area contributed by atoms with Crippen molar-refractivity contribution in [1.82, 2.24) is 5.32 Å². The molecule has 0 saturated heterocycles. The van der Waals surface area contributed by atoms with E-state index in [-0.39, 0.29) is 22.8 Å². The predicted molar refractivity (Wildman–Crippen MR) is 109 cm³/mol. The number of hydrogen-bond donors (Lipinski definition) is 2. The van der Waals surface area contributed by atoms with Crippen molar-refractivity contribution < 1.29 is 38.4 Å². The topological polar surface area (TPSA) is 113 Å². The molecule has 0 spiro atoms. The van der Waals surface area contributed by atoms with E-state index in [1.165, 1.54) is 53.8 Å². The van der Waals surface area contributed by atoms with Crippen molar-refractivity contribution in [3.63, 3.8) is 0 Å². The lowest BCUT2D eigenvalue weighted by atomic mass is 10.1. The van der Waals surface area contributed by atoms with E-state index < -0.39 is 11.9 Å². The van der Waals surface area contributed by atoms with E-state index in [2.05, 4.69) is 5.32 Å². The van der Waals surface area contributed by atoms with Gasteiger partial charge in [0.15, 0.2) is 23.0 Å². The van der Waals surface area contributed by atoms with Crippen LogP contribution in [0.3, 0.4) is 0 Å². The van der Waals surface area contributed by atoms with Gasteiger partial charge in [0, 0.05) is 5.56 Å². The van der Waals surface area contributed by atoms with E-state index >= 15 is 0 Å². The van der Waals surface area contributed by atoms with Crippen LogP contribution in [-0.2, 0) is 4.79 Å². The van der Waals surface area contributed by atoms with Gasteiger partial charge in [0.05, 0.1) is 35.5 Å². The molecule has 160 valence electrons. The largest absolute Gasteiger partial charge is 0.493 e. The van der Waals surface area contributed by atoms with E-state index in [9.17, 15) is 14.7 Å². The normalized spacial score (nSPS) is 10.8. The Balaban J connectivity index is 2.39. The predicted octanol–water partition coefficient (Wildman–Crippen LogP) is 2.59. The number of amides is 1. The number of aliphatic carboxylic acids is 1. The van der Waals surface area contributed by atoms with Crippen LogP contribution in [0, 0.1) is 0 Å². The number of carboxylic acid groups (broad SMARTS) is 1. The third-order valence-corrected chi connectivity index (χ3v) is 4.12. The quantitative estimate of drug-likeness (QED) is 0.599. The summed E-state index contributed by atoms with van der Waals surface area (Å²) < 4.78 is 26.0. The Morgan fingerprint density at radius 3 is 1.83 bits per heavy atom. The third kappa shape index (κ3) is 4.93. The van der Waals surface area contributed by atoms with Crippen LogP contribution in [0.2, 0.25) is 0 Å². The number of hydrogen-bond acceptors (Lipinski definition) is 7. The molecule has 0 aliphatic rings. The number of ether oxygens (including phenoxy) is 5. The monoisotopic (exact) mass is 417 g/mol. The zero-order valence-corrected chi connectivity index (χ0v) is 17.3. The molecule has 1 amide bonds. The van der Waals surface area contributed by atoms with Crippen molar-refractivity contribution in [2.45, 2.75) is 0 Å². The van der Waals surface area contributed by atoms with Crippen molar-refractivity contribution in [2.75, 3.05) is 35.5 Å². The van der Waals surface area contributed by atoms with Gasteiger partial charge in [0.1, 0.15) is 5.70 Å². The molecule has 0 bridgehead atoms. The molecular weight excluding hydrogens is 394 g/mol. The first kappa shape index (κ1) is 22.4. The van der Waals surface area contributed by atoms with Crippen LogP contribution in [0.25, 0.3) is 6.08 Å². The first-order chi connectivity index (χ1) is 14.4.